The van der Waals surface area contributed by atoms with Crippen LogP contribution < -0.4 is 0 Å². The Morgan fingerprint density at radius 3 is 2.12 bits per heavy atom. The van der Waals surface area contributed by atoms with Crippen LogP contribution in [-0.4, -0.2) is 27.0 Å². The van der Waals surface area contributed by atoms with Crippen molar-refractivity contribution in [2.45, 2.75) is 44.8 Å². The lowest BCUT2D eigenvalue weighted by atomic mass is 9.91. The van der Waals surface area contributed by atoms with Gasteiger partial charge in [-0.25, -0.2) is 4.98 Å². The number of hydrogen-bond acceptors (Lipinski definition) is 3. The average Bonchev–Trinajstić information content (AvgIpc) is 3.30. The summed E-state index contributed by atoms with van der Waals surface area (Å²) in [4.78, 5) is 4.33. The highest BCUT2D eigenvalue weighted by atomic mass is 19.4. The lowest BCUT2D eigenvalue weighted by Crippen LogP contribution is -2.53. The van der Waals surface area contributed by atoms with E-state index in [2.05, 4.69) is 4.98 Å². The highest BCUT2D eigenvalue weighted by molar-refractivity contribution is 5.83. The predicted octanol–water partition coefficient (Wildman–Crippen LogP) is 6.50. The monoisotopic (exact) mass is 482 g/mol. The topological polar surface area (TPSA) is 51.2 Å². The van der Waals surface area contributed by atoms with Crippen molar-refractivity contribution >= 4 is 10.9 Å². The number of nitrogens with zero attached hydrogens (tertiary/aromatic N) is 2. The van der Waals surface area contributed by atoms with Crippen LogP contribution >= 0.6 is 0 Å². The first-order valence-corrected chi connectivity index (χ1v) is 10.2. The second-order valence-electron chi connectivity index (χ2n) is 8.19. The standard InChI is InChI=1S/C24H20F6N2O2/c1-13-6-4-5-7-18(13)21(20-15(3)34-12-31-20)32-14(2)10-16-11-17(8-9-19(16)32)22(33,23(25,26)27)24(28,29)30/h4-12,21,33H,1-3H3. The van der Waals surface area contributed by atoms with Gasteiger partial charge in [0.05, 0.1) is 0 Å². The molecule has 0 aliphatic carbocycles. The maximum atomic E-state index is 13.4. The van der Waals surface area contributed by atoms with Crippen LogP contribution in [0.5, 0.6) is 0 Å². The van der Waals surface area contributed by atoms with Crippen LogP contribution in [0.1, 0.15) is 39.9 Å². The summed E-state index contributed by atoms with van der Waals surface area (Å²) in [6.07, 6.45) is -10.6. The van der Waals surface area contributed by atoms with Gasteiger partial charge in [-0.15, -0.1) is 0 Å². The average molecular weight is 482 g/mol. The molecule has 0 amide bonds. The van der Waals surface area contributed by atoms with Crippen molar-refractivity contribution in [1.82, 2.24) is 9.55 Å². The van der Waals surface area contributed by atoms with Crippen LogP contribution in [0.4, 0.5) is 26.3 Å². The minimum atomic E-state index is -5.96. The Hall–Kier alpha value is -3.27. The fraction of sp³-hybridized carbons (Fsp3) is 0.292. The van der Waals surface area contributed by atoms with Crippen molar-refractivity contribution in [3.63, 3.8) is 0 Å². The van der Waals surface area contributed by atoms with Crippen LogP contribution in [0.15, 0.2) is 59.3 Å². The molecule has 2 heterocycles. The molecular weight excluding hydrogens is 462 g/mol. The Morgan fingerprint density at radius 2 is 1.56 bits per heavy atom. The summed E-state index contributed by atoms with van der Waals surface area (Å²) in [5.41, 5.74) is -3.04. The van der Waals surface area contributed by atoms with Crippen molar-refractivity contribution in [1.29, 1.82) is 0 Å². The molecule has 10 heteroatoms. The van der Waals surface area contributed by atoms with Crippen molar-refractivity contribution in [3.8, 4) is 0 Å². The number of alkyl halides is 6. The fourth-order valence-electron chi connectivity index (χ4n) is 4.31. The number of hydrogen-bond donors (Lipinski definition) is 1. The molecule has 34 heavy (non-hydrogen) atoms. The maximum absolute atomic E-state index is 13.4. The molecule has 4 nitrogen and oxygen atoms in total. The molecule has 4 rings (SSSR count). The fourth-order valence-corrected chi connectivity index (χ4v) is 4.31. The van der Waals surface area contributed by atoms with Gasteiger partial charge in [0.2, 0.25) is 0 Å². The summed E-state index contributed by atoms with van der Waals surface area (Å²) in [7, 11) is 0. The number of oxazole rings is 1. The summed E-state index contributed by atoms with van der Waals surface area (Å²) >= 11 is 0. The van der Waals surface area contributed by atoms with E-state index in [0.717, 1.165) is 23.3 Å². The largest absolute Gasteiger partial charge is 0.448 e. The third-order valence-corrected chi connectivity index (χ3v) is 6.05. The zero-order valence-electron chi connectivity index (χ0n) is 18.3. The second kappa shape index (κ2) is 7.90. The number of halogens is 6. The minimum absolute atomic E-state index is 0.113. The van der Waals surface area contributed by atoms with E-state index in [1.807, 2.05) is 31.2 Å². The lowest BCUT2D eigenvalue weighted by molar-refractivity contribution is -0.376. The summed E-state index contributed by atoms with van der Waals surface area (Å²) in [6, 6.07) is 10.9. The van der Waals surface area contributed by atoms with Gasteiger partial charge < -0.3 is 14.1 Å². The van der Waals surface area contributed by atoms with E-state index in [1.165, 1.54) is 12.5 Å². The normalized spacial score (nSPS) is 14.1. The molecular formula is C24H20F6N2O2. The van der Waals surface area contributed by atoms with E-state index in [-0.39, 0.29) is 5.39 Å². The molecule has 0 fully saturated rings. The summed E-state index contributed by atoms with van der Waals surface area (Å²) in [6.45, 7) is 5.31. The summed E-state index contributed by atoms with van der Waals surface area (Å²) in [5, 5.41) is 9.93. The number of aliphatic hydroxyl groups is 1. The van der Waals surface area contributed by atoms with E-state index in [9.17, 15) is 31.4 Å². The maximum Gasteiger partial charge on any atom is 0.430 e. The predicted molar refractivity (Wildman–Crippen MR) is 112 cm³/mol. The Labute approximate surface area is 190 Å². The highest BCUT2D eigenvalue weighted by Gasteiger charge is 2.71. The van der Waals surface area contributed by atoms with Crippen LogP contribution in [0.2, 0.25) is 0 Å². The molecule has 0 bridgehead atoms. The van der Waals surface area contributed by atoms with Crippen molar-refractivity contribution in [2.75, 3.05) is 0 Å². The van der Waals surface area contributed by atoms with Crippen molar-refractivity contribution in [2.24, 2.45) is 0 Å². The van der Waals surface area contributed by atoms with Gasteiger partial charge in [-0.2, -0.15) is 26.3 Å². The number of aromatic nitrogens is 2. The van der Waals surface area contributed by atoms with Crippen molar-refractivity contribution in [3.05, 3.63) is 88.8 Å². The van der Waals surface area contributed by atoms with Gasteiger partial charge in [-0.1, -0.05) is 30.3 Å². The molecule has 1 unspecified atom stereocenters. The zero-order chi connectivity index (χ0) is 25.1. The van der Waals surface area contributed by atoms with Crippen molar-refractivity contribution < 1.29 is 35.9 Å². The molecule has 0 spiro atoms. The molecule has 0 aliphatic heterocycles. The van der Waals surface area contributed by atoms with Gasteiger partial charge in [0.1, 0.15) is 17.5 Å². The van der Waals surface area contributed by atoms with Gasteiger partial charge in [0, 0.05) is 22.2 Å². The lowest BCUT2D eigenvalue weighted by Gasteiger charge is -2.32. The van der Waals surface area contributed by atoms with Gasteiger partial charge in [0.25, 0.3) is 5.60 Å². The molecule has 2 aromatic heterocycles. The minimum Gasteiger partial charge on any atom is -0.448 e. The molecule has 0 aliphatic rings. The first kappa shape index (κ1) is 23.9. The van der Waals surface area contributed by atoms with E-state index < -0.39 is 29.6 Å². The SMILES string of the molecule is Cc1ccccc1C(c1ncoc1C)n1c(C)cc2cc(C(O)(C(F)(F)F)C(F)(F)F)ccc21. The van der Waals surface area contributed by atoms with Gasteiger partial charge in [0.15, 0.2) is 6.39 Å². The number of fused-ring (bicyclic) bond motifs is 1. The van der Waals surface area contributed by atoms with Crippen LogP contribution in [0, 0.1) is 20.8 Å². The van der Waals surface area contributed by atoms with E-state index in [4.69, 9.17) is 4.42 Å². The Bertz CT molecular complexity index is 1340. The molecule has 0 saturated heterocycles. The van der Waals surface area contributed by atoms with E-state index in [1.54, 1.807) is 18.4 Å². The molecule has 0 saturated carbocycles. The number of aryl methyl sites for hydroxylation is 3. The zero-order valence-corrected chi connectivity index (χ0v) is 18.3. The Kier molecular flexibility index (Phi) is 5.55. The number of benzene rings is 2. The molecule has 1 N–H and O–H groups in total. The first-order valence-electron chi connectivity index (χ1n) is 10.2. The molecule has 1 atom stereocenters. The van der Waals surface area contributed by atoms with E-state index in [0.29, 0.717) is 28.7 Å². The molecule has 4 aromatic rings. The van der Waals surface area contributed by atoms with Gasteiger partial charge in [-0.3, -0.25) is 0 Å². The van der Waals surface area contributed by atoms with Crippen LogP contribution in [-0.2, 0) is 5.60 Å². The first-order chi connectivity index (χ1) is 15.8. The number of rotatable bonds is 4. The second-order valence-corrected chi connectivity index (χ2v) is 8.19. The van der Waals surface area contributed by atoms with Gasteiger partial charge in [-0.05, 0) is 50.1 Å². The molecule has 0 radical (unpaired) electrons. The van der Waals surface area contributed by atoms with E-state index >= 15 is 0 Å². The Morgan fingerprint density at radius 1 is 0.912 bits per heavy atom. The van der Waals surface area contributed by atoms with Gasteiger partial charge >= 0.3 is 12.4 Å². The molecule has 2 aromatic carbocycles. The highest BCUT2D eigenvalue weighted by Crippen LogP contribution is 2.50. The van der Waals surface area contributed by atoms with Crippen LogP contribution in [0.3, 0.4) is 0 Å². The smallest absolute Gasteiger partial charge is 0.430 e. The summed E-state index contributed by atoms with van der Waals surface area (Å²) in [5.74, 6) is 0.523. The summed E-state index contributed by atoms with van der Waals surface area (Å²) < 4.78 is 87.6. The Balaban J connectivity index is 1.98. The quantitative estimate of drug-likeness (QED) is 0.338. The third kappa shape index (κ3) is 3.56. The molecule has 180 valence electrons. The van der Waals surface area contributed by atoms with Crippen LogP contribution in [0.25, 0.3) is 10.9 Å². The third-order valence-electron chi connectivity index (χ3n) is 6.05.